The first-order valence-corrected chi connectivity index (χ1v) is 37.9. The summed E-state index contributed by atoms with van der Waals surface area (Å²) in [6, 6.07) is -0.406. The molecule has 0 fully saturated rings. The zero-order valence-electron chi connectivity index (χ0n) is 68.4. The number of likely N-dealkylation sites (N-methyl/N-ethyl adjacent to an activating group) is 3. The van der Waals surface area contributed by atoms with E-state index >= 15 is 0 Å². The summed E-state index contributed by atoms with van der Waals surface area (Å²) in [7, 11) is 6.82. The number of hydrogen-bond donors (Lipinski definition) is 22. The number of carbonyl (C=O) groups is 15. The van der Waals surface area contributed by atoms with Crippen LogP contribution < -0.4 is 93.4 Å². The number of imide groups is 4. The smallest absolute Gasteiger partial charge is 0.421 e. The van der Waals surface area contributed by atoms with Crippen molar-refractivity contribution < 1.29 is 95.3 Å². The molecule has 16 amide bonds. The van der Waals surface area contributed by atoms with E-state index in [2.05, 4.69) is 167 Å². The van der Waals surface area contributed by atoms with Crippen molar-refractivity contribution in [2.24, 2.45) is 0 Å². The lowest BCUT2D eigenvalue weighted by atomic mass is 10.2. The highest BCUT2D eigenvalue weighted by atomic mass is 16.6. The van der Waals surface area contributed by atoms with Crippen molar-refractivity contribution in [3.8, 4) is 17.6 Å². The SMILES string of the molecule is CCNC(=O)c1nc[nH]c1C.CN1C(=O)CNC(=O)c2[nH]cnc21.CN1CC(=O)NC(=O)c2[nH]cnc21.CN1CCNC(=O)c2[nH]cnc21.CN1Cc2[nH]cnc2C(=O)NC1=O.O=C1COc2nc[nH]c2C(=O)N1.O=C1NC(=O)c2nc[nH]c2CO1.O=C1NCCCc2[nH]cnc21.O=C1NCCOc2nc[nH]c21.O=C1NCOc2nc[nH]c21.O=c1[nH]c(=O)c2[nH]cnc2o1. The highest BCUT2D eigenvalue weighted by molar-refractivity contribution is 6.10. The summed E-state index contributed by atoms with van der Waals surface area (Å²) in [6.45, 7) is 8.14. The van der Waals surface area contributed by atoms with Crippen LogP contribution in [-0.2, 0) is 38.7 Å². The number of urea groups is 1. The van der Waals surface area contributed by atoms with Crippen molar-refractivity contribution >= 4 is 118 Å². The number of aromatic nitrogens is 23. The third-order valence-corrected chi connectivity index (χ3v) is 17.7. The van der Waals surface area contributed by atoms with Gasteiger partial charge in [-0.3, -0.25) is 98.3 Å². The fourth-order valence-corrected chi connectivity index (χ4v) is 11.4. The predicted octanol–water partition coefficient (Wildman–Crippen LogP) is -4.85. The van der Waals surface area contributed by atoms with Crippen LogP contribution in [0.3, 0.4) is 0 Å². The van der Waals surface area contributed by atoms with Crippen LogP contribution in [0.4, 0.5) is 27.0 Å². The number of alkyl carbamates (subject to hydrolysis) is 1. The van der Waals surface area contributed by atoms with Gasteiger partial charge in [0.15, 0.2) is 64.8 Å². The molecule has 21 heterocycles. The van der Waals surface area contributed by atoms with Gasteiger partial charge in [0, 0.05) is 65.8 Å². The normalized spacial score (nSPS) is 15.3. The van der Waals surface area contributed by atoms with Crippen molar-refractivity contribution in [1.82, 2.24) is 173 Å². The molecule has 59 heteroatoms. The maximum absolute atomic E-state index is 11.3. The molecule has 0 aromatic carbocycles. The number of aryl methyl sites for hydroxylation is 2. The van der Waals surface area contributed by atoms with Crippen LogP contribution in [0.15, 0.2) is 83.6 Å². The van der Waals surface area contributed by atoms with Gasteiger partial charge < -0.3 is 125 Å². The van der Waals surface area contributed by atoms with Gasteiger partial charge in [0.25, 0.3) is 76.3 Å². The van der Waals surface area contributed by atoms with Gasteiger partial charge in [-0.15, -0.1) is 0 Å². The molecule has 0 aliphatic carbocycles. The van der Waals surface area contributed by atoms with Crippen molar-refractivity contribution in [3.05, 3.63) is 170 Å². The lowest BCUT2D eigenvalue weighted by Gasteiger charge is -2.12. The molecule has 0 atom stereocenters. The van der Waals surface area contributed by atoms with E-state index in [0.29, 0.717) is 107 Å². The van der Waals surface area contributed by atoms with Crippen molar-refractivity contribution in [2.75, 3.05) is 109 Å². The van der Waals surface area contributed by atoms with E-state index in [9.17, 15) is 81.5 Å². The number of nitrogens with one attached hydrogen (secondary N) is 22. The molecule has 0 saturated carbocycles. The Balaban J connectivity index is 0.000000137. The number of nitrogens with zero attached hydrogens (tertiary/aromatic N) is 15. The molecule has 9 aliphatic heterocycles. The number of hydrogen-bond acceptors (Lipinski definition) is 35. The molecule has 0 bridgehead atoms. The minimum atomic E-state index is -0.797. The summed E-state index contributed by atoms with van der Waals surface area (Å²) in [5, 5.41) is 24.3. The van der Waals surface area contributed by atoms with E-state index in [-0.39, 0.29) is 114 Å². The van der Waals surface area contributed by atoms with Crippen LogP contribution in [0, 0.1) is 6.92 Å². The number of aromatic amines is 12. The quantitative estimate of drug-likeness (QED) is 0.0722. The highest BCUT2D eigenvalue weighted by Crippen LogP contribution is 2.21. The number of anilines is 3. The maximum Gasteiger partial charge on any atom is 0.421 e. The van der Waals surface area contributed by atoms with Crippen LogP contribution in [-0.4, -0.2) is 302 Å². The summed E-state index contributed by atoms with van der Waals surface area (Å²) in [5.74, 6) is -2.03. The monoisotopic (exact) mass is 1790 g/mol. The number of amides is 16. The van der Waals surface area contributed by atoms with Gasteiger partial charge >= 0.3 is 17.9 Å². The minimum Gasteiger partial charge on any atom is -0.474 e. The Kier molecular flexibility index (Phi) is 30.5. The van der Waals surface area contributed by atoms with Gasteiger partial charge in [-0.2, -0.15) is 0 Å². The van der Waals surface area contributed by atoms with E-state index in [1.54, 1.807) is 32.4 Å². The summed E-state index contributed by atoms with van der Waals surface area (Å²) in [4.78, 5) is 268. The molecule has 0 radical (unpaired) electrons. The molecule has 129 heavy (non-hydrogen) atoms. The van der Waals surface area contributed by atoms with Gasteiger partial charge in [0.2, 0.25) is 29.5 Å². The Morgan fingerprint density at radius 3 is 1.61 bits per heavy atom. The van der Waals surface area contributed by atoms with Crippen LogP contribution in [0.2, 0.25) is 0 Å². The number of carbonyl (C=O) groups excluding carboxylic acids is 15. The molecule has 0 unspecified atom stereocenters. The van der Waals surface area contributed by atoms with Gasteiger partial charge in [-0.05, 0) is 26.7 Å². The minimum absolute atomic E-state index is 0.0134. The lowest BCUT2D eigenvalue weighted by Crippen LogP contribution is -2.37. The Morgan fingerprint density at radius 2 is 0.938 bits per heavy atom. The van der Waals surface area contributed by atoms with Crippen molar-refractivity contribution in [2.45, 2.75) is 39.8 Å². The molecule has 21 rings (SSSR count). The number of ether oxygens (including phenoxy) is 4. The second-order valence-electron chi connectivity index (χ2n) is 26.5. The van der Waals surface area contributed by atoms with E-state index in [0.717, 1.165) is 43.1 Å². The molecule has 9 aliphatic rings. The molecular formula is C70H79N37O22. The van der Waals surface area contributed by atoms with Crippen LogP contribution in [0.5, 0.6) is 17.6 Å². The molecule has 12 aromatic heterocycles. The molecule has 59 nitrogen and oxygen atoms in total. The zero-order valence-corrected chi connectivity index (χ0v) is 68.4. The number of rotatable bonds is 2. The van der Waals surface area contributed by atoms with Gasteiger partial charge in [0.05, 0.1) is 107 Å². The predicted molar refractivity (Wildman–Crippen MR) is 432 cm³/mol. The average molecular weight is 1790 g/mol. The van der Waals surface area contributed by atoms with E-state index < -0.39 is 53.0 Å². The Morgan fingerprint density at radius 1 is 0.426 bits per heavy atom. The van der Waals surface area contributed by atoms with Gasteiger partial charge in [-0.1, -0.05) is 0 Å². The fourth-order valence-electron chi connectivity index (χ4n) is 11.4. The third kappa shape index (κ3) is 23.7. The number of imidazole rings is 11. The van der Waals surface area contributed by atoms with E-state index in [4.69, 9.17) is 14.2 Å². The van der Waals surface area contributed by atoms with Gasteiger partial charge in [-0.25, -0.2) is 69.2 Å². The zero-order chi connectivity index (χ0) is 92.4. The summed E-state index contributed by atoms with van der Waals surface area (Å²) < 4.78 is 24.1. The fraction of sp³-hybridized carbons (Fsp3) is 0.286. The number of fused-ring (bicyclic) bond motifs is 10. The first-order chi connectivity index (χ1) is 62.0. The largest absolute Gasteiger partial charge is 0.474 e. The van der Waals surface area contributed by atoms with Crippen LogP contribution in [0.25, 0.3) is 11.2 Å². The molecule has 12 aromatic rings. The van der Waals surface area contributed by atoms with Crippen molar-refractivity contribution in [3.63, 3.8) is 0 Å². The topological polar surface area (TPSA) is 805 Å². The number of H-pyrrole nitrogens is 12. The Labute approximate surface area is 719 Å². The average Bonchev–Trinajstić information content (AvgIpc) is 1.69. The maximum atomic E-state index is 11.3. The molecule has 676 valence electrons. The number of cyclic esters (lactones) is 1. The third-order valence-electron chi connectivity index (χ3n) is 17.7. The first kappa shape index (κ1) is 91.4. The molecular weight excluding hydrogens is 1710 g/mol. The van der Waals surface area contributed by atoms with Crippen LogP contribution in [0.1, 0.15) is 141 Å². The summed E-state index contributed by atoms with van der Waals surface area (Å²) in [5.41, 5.74) is 6.33. The van der Waals surface area contributed by atoms with Crippen LogP contribution >= 0.6 is 0 Å². The highest BCUT2D eigenvalue weighted by Gasteiger charge is 2.31. The lowest BCUT2D eigenvalue weighted by molar-refractivity contribution is -0.122. The molecule has 22 N–H and O–H groups in total. The summed E-state index contributed by atoms with van der Waals surface area (Å²) >= 11 is 0. The molecule has 0 spiro atoms. The second kappa shape index (κ2) is 43.0. The van der Waals surface area contributed by atoms with E-state index in [1.165, 1.54) is 73.1 Å². The first-order valence-electron chi connectivity index (χ1n) is 37.9. The molecule has 0 saturated heterocycles. The Hall–Kier alpha value is -18.3. The standard InChI is InChI=1S/3C7H8N4O2.C7H10N4O.C7H9N3O.C7H11N3O.2C6H5N3O3.C6H7N3O2.C5H3N3O3.C5H5N3O2/c1-11-2-4(12)10-7(13)5-6(11)9-3-8-5;1-11-4(12)2-8-7(13)5-6(11)10-3-9-5;1-11-2-4-5(9-3-8-4)6(12)10-7(11)13;1-11-3-2-8-7(12)5-6(11)10-4-9-5;11-7-6-5(9-4-10-6)2-1-3-8-7;1-3-8-7(11)6-5(2)9-4-10-6;10-3-1-12-6-4(5(11)9-3)7-2-8-6;10-5-4-3(7-2-8-4)1-12-6(11)9-5;10-5-4-6(9-3-8-4)11-2-1-7-5;9-3-2-4(7-1-6-2)11-5(10)8-3;9-4-3-5(7-1-6-3)10-2-8-4/h3H,2H2,1H3,(H,8,9)(H,10,12,13);3H,2H2,1H3,(H,8,13)(H,9,10);3H,2H2,1H3,(H,8,9)(H,10,12,13);4H,2-3H2,1H3,(H,8,12)(H,9,10);4H,1-3H2,(H,8,11)(H,9,10);4H,3H2,1-2H3,(H,8,11)(H,9,10);2*2H,1H2,(H,7,8)(H,9,10,11);3H,1-2H2,(H,7,10)(H,8,9);1H,(H,6,7)(H,8,9,10);1H,2H2,(H,6,7)(H,8,9). The van der Waals surface area contributed by atoms with Crippen molar-refractivity contribution in [1.29, 1.82) is 0 Å². The Bertz CT molecular complexity index is 6090. The van der Waals surface area contributed by atoms with Gasteiger partial charge in [0.1, 0.15) is 41.7 Å². The van der Waals surface area contributed by atoms with E-state index in [1.807, 2.05) is 36.1 Å². The second-order valence-corrected chi connectivity index (χ2v) is 26.5. The summed E-state index contributed by atoms with van der Waals surface area (Å²) in [6.07, 6.45) is 16.9.